The van der Waals surface area contributed by atoms with E-state index in [-0.39, 0.29) is 6.42 Å². The first-order valence-electron chi connectivity index (χ1n) is 10.7. The third kappa shape index (κ3) is 11.8. The van der Waals surface area contributed by atoms with Crippen LogP contribution < -0.4 is 21.7 Å². The zero-order chi connectivity index (χ0) is 26.4. The van der Waals surface area contributed by atoms with Crippen LogP contribution in [0.3, 0.4) is 0 Å². The Kier molecular flexibility index (Phi) is 14.5. The molecule has 14 heteroatoms. The average molecular weight is 507 g/mol. The summed E-state index contributed by atoms with van der Waals surface area (Å²) in [6.07, 6.45) is 0.970. The highest BCUT2D eigenvalue weighted by molar-refractivity contribution is 7.98. The van der Waals surface area contributed by atoms with E-state index in [4.69, 9.17) is 15.9 Å². The number of rotatable bonds is 17. The SMILES string of the molecule is CCC(C)C(NC(=O)C(CCC(=O)O)NC(=O)C(N)CCSC)C(=O)NC(CC(=O)O)C(=O)O. The van der Waals surface area contributed by atoms with Gasteiger partial charge in [0.1, 0.15) is 18.1 Å². The first-order chi connectivity index (χ1) is 15.8. The zero-order valence-electron chi connectivity index (χ0n) is 19.4. The van der Waals surface area contributed by atoms with Gasteiger partial charge < -0.3 is 37.0 Å². The van der Waals surface area contributed by atoms with Gasteiger partial charge in [0.05, 0.1) is 12.5 Å². The molecule has 0 fully saturated rings. The summed E-state index contributed by atoms with van der Waals surface area (Å²) in [5.74, 6) is -6.53. The molecule has 0 saturated heterocycles. The normalized spacial score (nSPS) is 15.2. The summed E-state index contributed by atoms with van der Waals surface area (Å²) in [4.78, 5) is 71.2. The number of carbonyl (C=O) groups is 6. The number of nitrogens with one attached hydrogen (secondary N) is 3. The molecule has 34 heavy (non-hydrogen) atoms. The molecule has 194 valence electrons. The van der Waals surface area contributed by atoms with E-state index in [1.807, 2.05) is 6.26 Å². The maximum Gasteiger partial charge on any atom is 0.326 e. The Morgan fingerprint density at radius 2 is 1.44 bits per heavy atom. The van der Waals surface area contributed by atoms with Crippen LogP contribution >= 0.6 is 11.8 Å². The lowest BCUT2D eigenvalue weighted by atomic mass is 9.97. The van der Waals surface area contributed by atoms with Gasteiger partial charge in [0, 0.05) is 6.42 Å². The van der Waals surface area contributed by atoms with Crippen molar-refractivity contribution >= 4 is 47.4 Å². The molecule has 0 radical (unpaired) electrons. The molecular formula is C20H34N4O9S. The summed E-state index contributed by atoms with van der Waals surface area (Å²) < 4.78 is 0. The monoisotopic (exact) mass is 506 g/mol. The van der Waals surface area contributed by atoms with Gasteiger partial charge in [0.2, 0.25) is 17.7 Å². The lowest BCUT2D eigenvalue weighted by Crippen LogP contribution is -2.58. The highest BCUT2D eigenvalue weighted by Crippen LogP contribution is 2.11. The molecule has 5 unspecified atom stereocenters. The Morgan fingerprint density at radius 1 is 0.853 bits per heavy atom. The molecule has 0 aromatic rings. The number of aliphatic carboxylic acids is 3. The smallest absolute Gasteiger partial charge is 0.326 e. The van der Waals surface area contributed by atoms with Gasteiger partial charge in [-0.2, -0.15) is 11.8 Å². The summed E-state index contributed by atoms with van der Waals surface area (Å²) in [7, 11) is 0. The van der Waals surface area contributed by atoms with E-state index in [1.54, 1.807) is 13.8 Å². The van der Waals surface area contributed by atoms with E-state index in [0.717, 1.165) is 0 Å². The van der Waals surface area contributed by atoms with E-state index in [1.165, 1.54) is 11.8 Å². The fourth-order valence-corrected chi connectivity index (χ4v) is 3.27. The lowest BCUT2D eigenvalue weighted by molar-refractivity contribution is -0.147. The van der Waals surface area contributed by atoms with Crippen molar-refractivity contribution in [2.45, 2.75) is 70.1 Å². The van der Waals surface area contributed by atoms with Crippen molar-refractivity contribution in [1.82, 2.24) is 16.0 Å². The van der Waals surface area contributed by atoms with Gasteiger partial charge in [-0.3, -0.25) is 24.0 Å². The molecule has 8 N–H and O–H groups in total. The lowest BCUT2D eigenvalue weighted by Gasteiger charge is -2.27. The molecule has 0 bridgehead atoms. The number of hydrogen-bond donors (Lipinski definition) is 7. The number of thioether (sulfide) groups is 1. The van der Waals surface area contributed by atoms with Crippen molar-refractivity contribution in [1.29, 1.82) is 0 Å². The summed E-state index contributed by atoms with van der Waals surface area (Å²) in [6.45, 7) is 3.33. The fraction of sp³-hybridized carbons (Fsp3) is 0.700. The second kappa shape index (κ2) is 15.9. The summed E-state index contributed by atoms with van der Waals surface area (Å²) in [5.41, 5.74) is 5.81. The number of amides is 3. The maximum atomic E-state index is 12.9. The molecule has 0 heterocycles. The minimum absolute atomic E-state index is 0.270. The first kappa shape index (κ1) is 31.1. The van der Waals surface area contributed by atoms with Gasteiger partial charge in [-0.15, -0.1) is 0 Å². The highest BCUT2D eigenvalue weighted by atomic mass is 32.2. The van der Waals surface area contributed by atoms with Crippen LogP contribution in [-0.2, 0) is 28.8 Å². The van der Waals surface area contributed by atoms with Crippen molar-refractivity contribution in [3.63, 3.8) is 0 Å². The molecular weight excluding hydrogens is 472 g/mol. The van der Waals surface area contributed by atoms with Gasteiger partial charge in [0.25, 0.3) is 0 Å². The van der Waals surface area contributed by atoms with Crippen LogP contribution in [-0.4, -0.2) is 87.1 Å². The van der Waals surface area contributed by atoms with Crippen LogP contribution in [0.5, 0.6) is 0 Å². The fourth-order valence-electron chi connectivity index (χ4n) is 2.78. The van der Waals surface area contributed by atoms with E-state index >= 15 is 0 Å². The van der Waals surface area contributed by atoms with Crippen molar-refractivity contribution in [3.05, 3.63) is 0 Å². The standard InChI is InChI=1S/C20H34N4O9S/c1-4-10(2)16(19(31)23-13(20(32)33)9-15(27)28)24-18(30)12(5-6-14(25)26)22-17(29)11(21)7-8-34-3/h10-13,16H,4-9,21H2,1-3H3,(H,22,29)(H,23,31)(H,24,30)(H,25,26)(H,27,28)(H,32,33). The Bertz CT molecular complexity index is 750. The molecule has 0 rings (SSSR count). The molecule has 13 nitrogen and oxygen atoms in total. The zero-order valence-corrected chi connectivity index (χ0v) is 20.2. The predicted molar refractivity (Wildman–Crippen MR) is 123 cm³/mol. The largest absolute Gasteiger partial charge is 0.481 e. The number of nitrogens with two attached hydrogens (primary N) is 1. The molecule has 0 aliphatic heterocycles. The topological polar surface area (TPSA) is 225 Å². The summed E-state index contributed by atoms with van der Waals surface area (Å²) in [6, 6.07) is -5.21. The minimum atomic E-state index is -1.72. The van der Waals surface area contributed by atoms with E-state index in [2.05, 4.69) is 16.0 Å². The van der Waals surface area contributed by atoms with Gasteiger partial charge in [-0.1, -0.05) is 20.3 Å². The molecule has 5 atom stereocenters. The van der Waals surface area contributed by atoms with Crippen LogP contribution in [0.25, 0.3) is 0 Å². The Balaban J connectivity index is 5.59. The average Bonchev–Trinajstić information content (AvgIpc) is 2.76. The molecule has 3 amide bonds. The van der Waals surface area contributed by atoms with Crippen molar-refractivity contribution in [2.75, 3.05) is 12.0 Å². The third-order valence-electron chi connectivity index (χ3n) is 5.04. The van der Waals surface area contributed by atoms with Crippen LogP contribution in [0.2, 0.25) is 0 Å². The van der Waals surface area contributed by atoms with Gasteiger partial charge in [0.15, 0.2) is 0 Å². The van der Waals surface area contributed by atoms with E-state index < -0.39 is 78.6 Å². The quantitative estimate of drug-likeness (QED) is 0.126. The van der Waals surface area contributed by atoms with Crippen LogP contribution in [0.15, 0.2) is 0 Å². The molecule has 0 aromatic heterocycles. The second-order valence-electron chi connectivity index (χ2n) is 7.75. The van der Waals surface area contributed by atoms with Crippen molar-refractivity contribution in [3.8, 4) is 0 Å². The number of carboxylic acids is 3. The first-order valence-corrected chi connectivity index (χ1v) is 12.0. The van der Waals surface area contributed by atoms with Gasteiger partial charge in [-0.25, -0.2) is 4.79 Å². The van der Waals surface area contributed by atoms with Gasteiger partial charge >= 0.3 is 17.9 Å². The Morgan fingerprint density at radius 3 is 1.91 bits per heavy atom. The number of carbonyl (C=O) groups excluding carboxylic acids is 3. The predicted octanol–water partition coefficient (Wildman–Crippen LogP) is -1.01. The van der Waals surface area contributed by atoms with Crippen LogP contribution in [0.1, 0.15) is 46.0 Å². The molecule has 0 spiro atoms. The van der Waals surface area contributed by atoms with Crippen molar-refractivity contribution in [2.24, 2.45) is 11.7 Å². The number of carboxylic acid groups (broad SMARTS) is 3. The summed E-state index contributed by atoms with van der Waals surface area (Å²) in [5, 5.41) is 34.0. The Labute approximate surface area is 201 Å². The van der Waals surface area contributed by atoms with Crippen LogP contribution in [0, 0.1) is 5.92 Å². The van der Waals surface area contributed by atoms with E-state index in [9.17, 15) is 33.9 Å². The molecule has 0 saturated carbocycles. The second-order valence-corrected chi connectivity index (χ2v) is 8.74. The van der Waals surface area contributed by atoms with Crippen molar-refractivity contribution < 1.29 is 44.1 Å². The molecule has 0 aliphatic carbocycles. The maximum absolute atomic E-state index is 12.9. The number of hydrogen-bond acceptors (Lipinski definition) is 8. The molecule has 0 aromatic carbocycles. The molecule has 0 aliphatic rings. The Hall–Kier alpha value is -2.87. The van der Waals surface area contributed by atoms with Crippen LogP contribution in [0.4, 0.5) is 0 Å². The highest BCUT2D eigenvalue weighted by Gasteiger charge is 2.33. The minimum Gasteiger partial charge on any atom is -0.481 e. The van der Waals surface area contributed by atoms with E-state index in [0.29, 0.717) is 18.6 Å². The summed E-state index contributed by atoms with van der Waals surface area (Å²) >= 11 is 1.47. The van der Waals surface area contributed by atoms with Gasteiger partial charge in [-0.05, 0) is 30.8 Å². The third-order valence-corrected chi connectivity index (χ3v) is 5.68.